The average molecular weight is 575 g/mol. The van der Waals surface area contributed by atoms with Crippen molar-refractivity contribution in [2.24, 2.45) is 0 Å². The minimum atomic E-state index is -4.55. The van der Waals surface area contributed by atoms with Crippen molar-refractivity contribution in [2.45, 2.75) is 19.6 Å². The molecule has 4 rings (SSSR count). The molecule has 1 saturated heterocycles. The zero-order valence-corrected chi connectivity index (χ0v) is 22.9. The minimum Gasteiger partial charge on any atom is -0.310 e. The molecule has 8 nitrogen and oxygen atoms in total. The van der Waals surface area contributed by atoms with Gasteiger partial charge >= 0.3 is 12.2 Å². The number of urea groups is 1. The number of hydrogen-bond donors (Lipinski definition) is 3. The Morgan fingerprint density at radius 2 is 1.68 bits per heavy atom. The van der Waals surface area contributed by atoms with Crippen molar-refractivity contribution in [1.82, 2.24) is 14.8 Å². The van der Waals surface area contributed by atoms with Crippen molar-refractivity contribution in [2.75, 3.05) is 55.1 Å². The molecule has 12 heteroatoms. The van der Waals surface area contributed by atoms with Crippen molar-refractivity contribution < 1.29 is 22.8 Å². The molecule has 1 aromatic heterocycles. The lowest BCUT2D eigenvalue weighted by Crippen LogP contribution is -2.44. The van der Waals surface area contributed by atoms with Crippen molar-refractivity contribution in [1.29, 1.82) is 0 Å². The van der Waals surface area contributed by atoms with E-state index >= 15 is 0 Å². The van der Waals surface area contributed by atoms with Crippen LogP contribution < -0.4 is 16.0 Å². The lowest BCUT2D eigenvalue weighted by atomic mass is 10.0. The summed E-state index contributed by atoms with van der Waals surface area (Å²) in [5.74, 6) is -0.152. The summed E-state index contributed by atoms with van der Waals surface area (Å²) in [7, 11) is 1.99. The summed E-state index contributed by atoms with van der Waals surface area (Å²) in [6, 6.07) is 12.0. The number of alkyl halides is 4. The van der Waals surface area contributed by atoms with E-state index in [2.05, 4.69) is 25.8 Å². The number of carbonyl (C=O) groups is 2. The first kappa shape index (κ1) is 29.3. The van der Waals surface area contributed by atoms with E-state index in [-0.39, 0.29) is 29.6 Å². The summed E-state index contributed by atoms with van der Waals surface area (Å²) in [5, 5.41) is 7.78. The monoisotopic (exact) mass is 574 g/mol. The van der Waals surface area contributed by atoms with Gasteiger partial charge in [0, 0.05) is 55.9 Å². The standard InChI is InChI=1S/C28H30ClF3N6O2/c1-18-13-19(20-5-8-25(33-16-20)36-26(39)15-29)4-7-24(18)35-27(40)34-22-6-3-21(23(14-22)28(30,31)32)17-38-11-9-37(2)10-12-38/h3-8,13-14,16H,9-12,15,17H2,1-2H3,(H,33,36,39)(H2,34,35,40). The van der Waals surface area contributed by atoms with Gasteiger partial charge in [-0.25, -0.2) is 9.78 Å². The second-order valence-corrected chi connectivity index (χ2v) is 9.94. The normalized spacial score (nSPS) is 14.6. The van der Waals surface area contributed by atoms with E-state index in [0.29, 0.717) is 24.6 Å². The van der Waals surface area contributed by atoms with Crippen LogP contribution in [0.15, 0.2) is 54.7 Å². The number of nitrogens with zero attached hydrogens (tertiary/aromatic N) is 3. The first-order valence-electron chi connectivity index (χ1n) is 12.6. The number of hydrogen-bond acceptors (Lipinski definition) is 5. The number of piperazine rings is 1. The van der Waals surface area contributed by atoms with Crippen LogP contribution in [0.4, 0.5) is 35.2 Å². The highest BCUT2D eigenvalue weighted by Gasteiger charge is 2.34. The molecule has 2 aromatic carbocycles. The van der Waals surface area contributed by atoms with Crippen molar-refractivity contribution in [3.63, 3.8) is 0 Å². The molecule has 0 atom stereocenters. The fraction of sp³-hybridized carbons (Fsp3) is 0.321. The predicted molar refractivity (Wildman–Crippen MR) is 151 cm³/mol. The SMILES string of the molecule is Cc1cc(-c2ccc(NC(=O)CCl)nc2)ccc1NC(=O)Nc1ccc(CN2CCN(C)CC2)c(C(F)(F)F)c1. The van der Waals surface area contributed by atoms with E-state index in [9.17, 15) is 22.8 Å². The fourth-order valence-corrected chi connectivity index (χ4v) is 4.45. The smallest absolute Gasteiger partial charge is 0.310 e. The number of pyridine rings is 1. The Balaban J connectivity index is 1.41. The van der Waals surface area contributed by atoms with Crippen LogP contribution in [-0.2, 0) is 17.5 Å². The highest BCUT2D eigenvalue weighted by Crippen LogP contribution is 2.35. The van der Waals surface area contributed by atoms with E-state index in [0.717, 1.165) is 35.8 Å². The second kappa shape index (κ2) is 12.7. The molecule has 212 valence electrons. The molecule has 0 spiro atoms. The van der Waals surface area contributed by atoms with Gasteiger partial charge in [0.15, 0.2) is 0 Å². The van der Waals surface area contributed by atoms with Crippen LogP contribution in [0.5, 0.6) is 0 Å². The van der Waals surface area contributed by atoms with Gasteiger partial charge in [0.25, 0.3) is 0 Å². The van der Waals surface area contributed by atoms with Gasteiger partial charge in [-0.05, 0) is 67.1 Å². The van der Waals surface area contributed by atoms with Crippen LogP contribution in [0.3, 0.4) is 0 Å². The molecule has 3 N–H and O–H groups in total. The zero-order valence-electron chi connectivity index (χ0n) is 22.1. The summed E-state index contributed by atoms with van der Waals surface area (Å²) in [6.07, 6.45) is -2.95. The van der Waals surface area contributed by atoms with Crippen LogP contribution >= 0.6 is 11.6 Å². The van der Waals surface area contributed by atoms with Crippen LogP contribution in [0.25, 0.3) is 11.1 Å². The molecule has 2 heterocycles. The molecule has 0 unspecified atom stereocenters. The number of nitrogens with one attached hydrogen (secondary N) is 3. The van der Waals surface area contributed by atoms with Crippen molar-refractivity contribution in [3.8, 4) is 11.1 Å². The predicted octanol–water partition coefficient (Wildman–Crippen LogP) is 5.64. The molecule has 0 saturated carbocycles. The Kier molecular flexibility index (Phi) is 9.28. The van der Waals surface area contributed by atoms with E-state index in [1.54, 1.807) is 37.4 Å². The van der Waals surface area contributed by atoms with Gasteiger partial charge in [0.1, 0.15) is 11.7 Å². The van der Waals surface area contributed by atoms with E-state index < -0.39 is 17.8 Å². The number of halogens is 4. The molecule has 0 aliphatic carbocycles. The van der Waals surface area contributed by atoms with Gasteiger partial charge in [0.2, 0.25) is 5.91 Å². The largest absolute Gasteiger partial charge is 0.416 e. The van der Waals surface area contributed by atoms with Crippen LogP contribution in [0.1, 0.15) is 16.7 Å². The Labute approximate surface area is 235 Å². The summed E-state index contributed by atoms with van der Waals surface area (Å²) < 4.78 is 41.6. The quantitative estimate of drug-likeness (QED) is 0.318. The second-order valence-electron chi connectivity index (χ2n) is 9.67. The number of anilines is 3. The molecule has 40 heavy (non-hydrogen) atoms. The lowest BCUT2D eigenvalue weighted by molar-refractivity contribution is -0.138. The molecule has 1 aliphatic rings. The summed E-state index contributed by atoms with van der Waals surface area (Å²) in [6.45, 7) is 5.00. The van der Waals surface area contributed by atoms with Gasteiger partial charge in [-0.15, -0.1) is 11.6 Å². The number of likely N-dealkylation sites (N-methyl/N-ethyl adjacent to an activating group) is 1. The number of rotatable bonds is 7. The van der Waals surface area contributed by atoms with Crippen molar-refractivity contribution >= 4 is 40.7 Å². The van der Waals surface area contributed by atoms with Crippen LogP contribution in [-0.4, -0.2) is 65.8 Å². The molecule has 0 bridgehead atoms. The van der Waals surface area contributed by atoms with Crippen LogP contribution in [0.2, 0.25) is 0 Å². The molecular weight excluding hydrogens is 545 g/mol. The average Bonchev–Trinajstić information content (AvgIpc) is 2.91. The minimum absolute atomic E-state index is 0.0497. The maximum atomic E-state index is 13.9. The third-order valence-electron chi connectivity index (χ3n) is 6.62. The van der Waals surface area contributed by atoms with Gasteiger partial charge in [0.05, 0.1) is 5.56 Å². The summed E-state index contributed by atoms with van der Waals surface area (Å²) in [5.41, 5.74) is 2.34. The first-order valence-corrected chi connectivity index (χ1v) is 13.2. The van der Waals surface area contributed by atoms with Gasteiger partial charge in [-0.3, -0.25) is 9.69 Å². The van der Waals surface area contributed by atoms with Crippen molar-refractivity contribution in [3.05, 3.63) is 71.4 Å². The van der Waals surface area contributed by atoms with Gasteiger partial charge in [-0.1, -0.05) is 12.1 Å². The highest BCUT2D eigenvalue weighted by atomic mass is 35.5. The summed E-state index contributed by atoms with van der Waals surface area (Å²) in [4.78, 5) is 32.4. The third kappa shape index (κ3) is 7.71. The number of aryl methyl sites for hydroxylation is 1. The molecule has 0 radical (unpaired) electrons. The van der Waals surface area contributed by atoms with E-state index in [1.165, 1.54) is 12.1 Å². The topological polar surface area (TPSA) is 89.6 Å². The fourth-order valence-electron chi connectivity index (χ4n) is 4.39. The van der Waals surface area contributed by atoms with Gasteiger partial charge in [-0.2, -0.15) is 13.2 Å². The Morgan fingerprint density at radius 3 is 2.30 bits per heavy atom. The summed E-state index contributed by atoms with van der Waals surface area (Å²) >= 11 is 5.49. The van der Waals surface area contributed by atoms with E-state index in [4.69, 9.17) is 11.6 Å². The number of benzene rings is 2. The number of amides is 3. The molecular formula is C28H30ClF3N6O2. The molecule has 3 amide bonds. The van der Waals surface area contributed by atoms with E-state index in [1.807, 2.05) is 18.0 Å². The maximum Gasteiger partial charge on any atom is 0.416 e. The molecule has 3 aromatic rings. The third-order valence-corrected chi connectivity index (χ3v) is 6.87. The maximum absolute atomic E-state index is 13.9. The van der Waals surface area contributed by atoms with Crippen LogP contribution in [0, 0.1) is 6.92 Å². The highest BCUT2D eigenvalue weighted by molar-refractivity contribution is 6.29. The molecule has 1 aliphatic heterocycles. The first-order chi connectivity index (χ1) is 19.0. The Bertz CT molecular complexity index is 1360. The Morgan fingerprint density at radius 1 is 0.950 bits per heavy atom. The van der Waals surface area contributed by atoms with Gasteiger partial charge < -0.3 is 20.9 Å². The zero-order chi connectivity index (χ0) is 28.9. The Hall–Kier alpha value is -3.67. The lowest BCUT2D eigenvalue weighted by Gasteiger charge is -2.33. The molecule has 1 fully saturated rings. The number of carbonyl (C=O) groups excluding carboxylic acids is 2. The number of aromatic nitrogens is 1.